The van der Waals surface area contributed by atoms with Crippen LogP contribution in [0.2, 0.25) is 0 Å². The molecule has 3 rings (SSSR count). The lowest BCUT2D eigenvalue weighted by atomic mass is 9.86. The van der Waals surface area contributed by atoms with Crippen molar-refractivity contribution in [2.45, 2.75) is 44.9 Å². The summed E-state index contributed by atoms with van der Waals surface area (Å²) in [4.78, 5) is 24.0. The van der Waals surface area contributed by atoms with E-state index < -0.39 is 0 Å². The third-order valence-electron chi connectivity index (χ3n) is 4.87. The maximum atomic E-state index is 12.1. The van der Waals surface area contributed by atoms with Gasteiger partial charge in [0.1, 0.15) is 0 Å². The standard InChI is InChI=1S/C19H26N2O4/c22-18(9-6-14-4-2-1-3-5-14)20-10-11-21-19(23)15-7-8-16-17(12-15)25-13-24-16/h7-8,12,14H,1-6,9-11,13H2,(H,20,22)(H,21,23). The summed E-state index contributed by atoms with van der Waals surface area (Å²) in [6, 6.07) is 5.09. The molecule has 1 heterocycles. The van der Waals surface area contributed by atoms with E-state index in [-0.39, 0.29) is 18.6 Å². The Morgan fingerprint density at radius 2 is 1.76 bits per heavy atom. The molecule has 1 aromatic carbocycles. The monoisotopic (exact) mass is 346 g/mol. The van der Waals surface area contributed by atoms with E-state index in [2.05, 4.69) is 10.6 Å². The Bertz CT molecular complexity index is 611. The van der Waals surface area contributed by atoms with Crippen LogP contribution in [0.25, 0.3) is 0 Å². The summed E-state index contributed by atoms with van der Waals surface area (Å²) in [6.07, 6.45) is 8.04. The molecule has 6 heteroatoms. The van der Waals surface area contributed by atoms with Crippen molar-refractivity contribution < 1.29 is 19.1 Å². The Balaban J connectivity index is 1.31. The second-order valence-electron chi connectivity index (χ2n) is 6.72. The average Bonchev–Trinajstić information content (AvgIpc) is 3.12. The van der Waals surface area contributed by atoms with Gasteiger partial charge in [-0.1, -0.05) is 32.1 Å². The van der Waals surface area contributed by atoms with Crippen LogP contribution in [-0.4, -0.2) is 31.7 Å². The van der Waals surface area contributed by atoms with Crippen molar-refractivity contribution in [3.05, 3.63) is 23.8 Å². The lowest BCUT2D eigenvalue weighted by Gasteiger charge is -2.20. The highest BCUT2D eigenvalue weighted by Crippen LogP contribution is 2.32. The zero-order valence-electron chi connectivity index (χ0n) is 14.5. The number of rotatable bonds is 7. The maximum absolute atomic E-state index is 12.1. The highest BCUT2D eigenvalue weighted by Gasteiger charge is 2.16. The van der Waals surface area contributed by atoms with Crippen LogP contribution in [0.4, 0.5) is 0 Å². The maximum Gasteiger partial charge on any atom is 0.251 e. The third-order valence-corrected chi connectivity index (χ3v) is 4.87. The predicted molar refractivity (Wildman–Crippen MR) is 93.7 cm³/mol. The van der Waals surface area contributed by atoms with Gasteiger partial charge in [-0.2, -0.15) is 0 Å². The summed E-state index contributed by atoms with van der Waals surface area (Å²) >= 11 is 0. The number of ether oxygens (including phenoxy) is 2. The van der Waals surface area contributed by atoms with Crippen LogP contribution in [0.3, 0.4) is 0 Å². The minimum Gasteiger partial charge on any atom is -0.454 e. The number of carbonyl (C=O) groups excluding carboxylic acids is 2. The Morgan fingerprint density at radius 3 is 2.60 bits per heavy atom. The van der Waals surface area contributed by atoms with Gasteiger partial charge in [-0.3, -0.25) is 9.59 Å². The number of carbonyl (C=O) groups is 2. The van der Waals surface area contributed by atoms with Gasteiger partial charge in [0.2, 0.25) is 12.7 Å². The molecular formula is C19H26N2O4. The molecule has 0 bridgehead atoms. The van der Waals surface area contributed by atoms with Gasteiger partial charge in [-0.05, 0) is 30.5 Å². The van der Waals surface area contributed by atoms with Gasteiger partial charge in [0, 0.05) is 25.1 Å². The molecule has 1 aliphatic heterocycles. The Morgan fingerprint density at radius 1 is 1.00 bits per heavy atom. The molecule has 0 unspecified atom stereocenters. The second-order valence-corrected chi connectivity index (χ2v) is 6.72. The first kappa shape index (κ1) is 17.6. The summed E-state index contributed by atoms with van der Waals surface area (Å²) in [5.41, 5.74) is 0.521. The van der Waals surface area contributed by atoms with E-state index in [0.29, 0.717) is 42.5 Å². The topological polar surface area (TPSA) is 76.7 Å². The molecule has 2 N–H and O–H groups in total. The SMILES string of the molecule is O=C(CCC1CCCCC1)NCCNC(=O)c1ccc2c(c1)OCO2. The van der Waals surface area contributed by atoms with E-state index in [0.717, 1.165) is 6.42 Å². The summed E-state index contributed by atoms with van der Waals surface area (Å²) in [5.74, 6) is 1.84. The molecule has 2 amide bonds. The summed E-state index contributed by atoms with van der Waals surface area (Å²) in [6.45, 7) is 1.04. The fraction of sp³-hybridized carbons (Fsp3) is 0.579. The van der Waals surface area contributed by atoms with Crippen molar-refractivity contribution in [3.8, 4) is 11.5 Å². The van der Waals surface area contributed by atoms with E-state index in [1.807, 2.05) is 0 Å². The van der Waals surface area contributed by atoms with Gasteiger partial charge < -0.3 is 20.1 Å². The number of hydrogen-bond acceptors (Lipinski definition) is 4. The van der Waals surface area contributed by atoms with Crippen LogP contribution >= 0.6 is 0 Å². The Labute approximate surface area is 148 Å². The van der Waals surface area contributed by atoms with Crippen molar-refractivity contribution in [1.29, 1.82) is 0 Å². The lowest BCUT2D eigenvalue weighted by molar-refractivity contribution is -0.121. The molecule has 0 atom stereocenters. The molecule has 0 spiro atoms. The number of fused-ring (bicyclic) bond motifs is 1. The van der Waals surface area contributed by atoms with Crippen molar-refractivity contribution in [2.24, 2.45) is 5.92 Å². The van der Waals surface area contributed by atoms with Crippen molar-refractivity contribution in [3.63, 3.8) is 0 Å². The largest absolute Gasteiger partial charge is 0.454 e. The highest BCUT2D eigenvalue weighted by molar-refractivity contribution is 5.94. The fourth-order valence-electron chi connectivity index (χ4n) is 3.42. The van der Waals surface area contributed by atoms with Crippen molar-refractivity contribution in [1.82, 2.24) is 10.6 Å². The fourth-order valence-corrected chi connectivity index (χ4v) is 3.42. The summed E-state index contributed by atoms with van der Waals surface area (Å²) in [7, 11) is 0. The smallest absolute Gasteiger partial charge is 0.251 e. The summed E-state index contributed by atoms with van der Waals surface area (Å²) < 4.78 is 10.5. The van der Waals surface area contributed by atoms with E-state index >= 15 is 0 Å². The molecule has 6 nitrogen and oxygen atoms in total. The van der Waals surface area contributed by atoms with E-state index in [1.54, 1.807) is 18.2 Å². The van der Waals surface area contributed by atoms with Gasteiger partial charge in [0.05, 0.1) is 0 Å². The molecule has 0 saturated heterocycles. The van der Waals surface area contributed by atoms with Crippen LogP contribution in [-0.2, 0) is 4.79 Å². The summed E-state index contributed by atoms with van der Waals surface area (Å²) in [5, 5.41) is 5.67. The second kappa shape index (κ2) is 8.74. The first-order chi connectivity index (χ1) is 12.2. The van der Waals surface area contributed by atoms with Crippen LogP contribution in [0.15, 0.2) is 18.2 Å². The van der Waals surface area contributed by atoms with Crippen LogP contribution in [0, 0.1) is 5.92 Å². The number of nitrogens with one attached hydrogen (secondary N) is 2. The lowest BCUT2D eigenvalue weighted by Crippen LogP contribution is -2.34. The van der Waals surface area contributed by atoms with Crippen LogP contribution in [0.1, 0.15) is 55.3 Å². The minimum absolute atomic E-state index is 0.0721. The molecule has 1 aliphatic carbocycles. The first-order valence-corrected chi connectivity index (χ1v) is 9.17. The van der Waals surface area contributed by atoms with Crippen LogP contribution < -0.4 is 20.1 Å². The predicted octanol–water partition coefficient (Wildman–Crippen LogP) is 2.62. The van der Waals surface area contributed by atoms with Gasteiger partial charge >= 0.3 is 0 Å². The molecule has 136 valence electrons. The quantitative estimate of drug-likeness (QED) is 0.744. The molecule has 2 aliphatic rings. The van der Waals surface area contributed by atoms with Crippen LogP contribution in [0.5, 0.6) is 11.5 Å². The number of benzene rings is 1. The zero-order chi connectivity index (χ0) is 17.5. The molecule has 1 aromatic rings. The van der Waals surface area contributed by atoms with E-state index in [4.69, 9.17) is 9.47 Å². The van der Waals surface area contributed by atoms with Gasteiger partial charge in [-0.15, -0.1) is 0 Å². The van der Waals surface area contributed by atoms with Crippen molar-refractivity contribution >= 4 is 11.8 Å². The molecule has 25 heavy (non-hydrogen) atoms. The Hall–Kier alpha value is -2.24. The van der Waals surface area contributed by atoms with E-state index in [9.17, 15) is 9.59 Å². The van der Waals surface area contributed by atoms with Crippen molar-refractivity contribution in [2.75, 3.05) is 19.9 Å². The highest BCUT2D eigenvalue weighted by atomic mass is 16.7. The first-order valence-electron chi connectivity index (χ1n) is 9.17. The molecule has 1 fully saturated rings. The van der Waals surface area contributed by atoms with Gasteiger partial charge in [0.15, 0.2) is 11.5 Å². The average molecular weight is 346 g/mol. The van der Waals surface area contributed by atoms with Gasteiger partial charge in [-0.25, -0.2) is 0 Å². The molecule has 1 saturated carbocycles. The molecular weight excluding hydrogens is 320 g/mol. The molecule has 0 aromatic heterocycles. The van der Waals surface area contributed by atoms with Gasteiger partial charge in [0.25, 0.3) is 5.91 Å². The van der Waals surface area contributed by atoms with E-state index in [1.165, 1.54) is 32.1 Å². The minimum atomic E-state index is -0.185. The number of amides is 2. The number of hydrogen-bond donors (Lipinski definition) is 2. The zero-order valence-corrected chi connectivity index (χ0v) is 14.5. The molecule has 0 radical (unpaired) electrons. The Kier molecular flexibility index (Phi) is 6.14. The normalized spacial score (nSPS) is 16.5. The third kappa shape index (κ3) is 5.11.